The van der Waals surface area contributed by atoms with Crippen LogP contribution in [0.15, 0.2) is 29.2 Å². The minimum atomic E-state index is -4.23. The van der Waals surface area contributed by atoms with Crippen molar-refractivity contribution in [1.29, 1.82) is 0 Å². The Kier molecular flexibility index (Phi) is 4.02. The van der Waals surface area contributed by atoms with Crippen molar-refractivity contribution >= 4 is 11.8 Å². The van der Waals surface area contributed by atoms with Gasteiger partial charge in [0.25, 0.3) is 0 Å². The fraction of sp³-hybridized carbons (Fsp3) is 0.462. The predicted molar refractivity (Wildman–Crippen MR) is 63.9 cm³/mol. The van der Waals surface area contributed by atoms with Crippen LogP contribution >= 0.6 is 11.8 Å². The molecular formula is C13H14F3S. The van der Waals surface area contributed by atoms with Crippen molar-refractivity contribution in [2.75, 3.05) is 0 Å². The van der Waals surface area contributed by atoms with Gasteiger partial charge in [0.2, 0.25) is 0 Å². The fourth-order valence-electron chi connectivity index (χ4n) is 1.93. The summed E-state index contributed by atoms with van der Waals surface area (Å²) in [5.74, 6) is 0. The van der Waals surface area contributed by atoms with Gasteiger partial charge in [-0.05, 0) is 56.4 Å². The zero-order valence-corrected chi connectivity index (χ0v) is 10.2. The van der Waals surface area contributed by atoms with E-state index in [2.05, 4.69) is 6.42 Å². The van der Waals surface area contributed by atoms with Crippen LogP contribution in [0.1, 0.15) is 31.2 Å². The molecule has 93 valence electrons. The fourth-order valence-corrected chi connectivity index (χ4v) is 3.11. The molecule has 0 heterocycles. The van der Waals surface area contributed by atoms with E-state index in [0.29, 0.717) is 5.25 Å². The lowest BCUT2D eigenvalue weighted by molar-refractivity contribution is -0.137. The SMILES string of the molecule is FC(F)(F)c1ccc(SC2CC[CH]CC2)cc1. The normalized spacial score (nSPS) is 18.3. The van der Waals surface area contributed by atoms with Crippen LogP contribution in [0.4, 0.5) is 13.2 Å². The zero-order chi connectivity index (χ0) is 12.3. The highest BCUT2D eigenvalue weighted by Gasteiger charge is 2.30. The monoisotopic (exact) mass is 259 g/mol. The van der Waals surface area contributed by atoms with Gasteiger partial charge in [0.15, 0.2) is 0 Å². The molecule has 1 fully saturated rings. The Hall–Kier alpha value is -0.640. The lowest BCUT2D eigenvalue weighted by atomic mass is 10.0. The van der Waals surface area contributed by atoms with Gasteiger partial charge in [0.1, 0.15) is 0 Å². The number of alkyl halides is 3. The highest BCUT2D eigenvalue weighted by atomic mass is 32.2. The summed E-state index contributed by atoms with van der Waals surface area (Å²) in [5.41, 5.74) is -0.571. The van der Waals surface area contributed by atoms with Crippen molar-refractivity contribution in [2.45, 2.75) is 42.0 Å². The summed E-state index contributed by atoms with van der Waals surface area (Å²) in [5, 5.41) is 0.553. The Morgan fingerprint density at radius 2 is 1.59 bits per heavy atom. The molecule has 0 unspecified atom stereocenters. The van der Waals surface area contributed by atoms with Crippen LogP contribution in [-0.2, 0) is 6.18 Å². The number of hydrogen-bond donors (Lipinski definition) is 0. The topological polar surface area (TPSA) is 0 Å². The Labute approximate surface area is 104 Å². The molecule has 17 heavy (non-hydrogen) atoms. The van der Waals surface area contributed by atoms with Gasteiger partial charge in [0.05, 0.1) is 5.56 Å². The van der Waals surface area contributed by atoms with Crippen molar-refractivity contribution < 1.29 is 13.2 Å². The van der Waals surface area contributed by atoms with Crippen LogP contribution in [0.25, 0.3) is 0 Å². The predicted octanol–water partition coefficient (Wildman–Crippen LogP) is 4.94. The molecule has 0 aromatic heterocycles. The summed E-state index contributed by atoms with van der Waals surface area (Å²) in [6.45, 7) is 0. The quantitative estimate of drug-likeness (QED) is 0.724. The maximum atomic E-state index is 12.4. The molecule has 1 aliphatic carbocycles. The third kappa shape index (κ3) is 3.66. The summed E-state index contributed by atoms with van der Waals surface area (Å²) in [6, 6.07) is 5.48. The Bertz CT molecular complexity index is 350. The van der Waals surface area contributed by atoms with E-state index in [0.717, 1.165) is 42.7 Å². The first-order valence-corrected chi connectivity index (χ1v) is 6.59. The molecule has 0 spiro atoms. The van der Waals surface area contributed by atoms with E-state index < -0.39 is 11.7 Å². The molecule has 0 nitrogen and oxygen atoms in total. The van der Waals surface area contributed by atoms with Gasteiger partial charge in [-0.3, -0.25) is 0 Å². The van der Waals surface area contributed by atoms with Gasteiger partial charge in [-0.1, -0.05) is 0 Å². The highest BCUT2D eigenvalue weighted by Crippen LogP contribution is 2.35. The number of thioether (sulfide) groups is 1. The molecule has 0 saturated heterocycles. The van der Waals surface area contributed by atoms with Gasteiger partial charge in [-0.15, -0.1) is 11.8 Å². The minimum absolute atomic E-state index is 0.553. The van der Waals surface area contributed by atoms with Crippen molar-refractivity contribution in [3.05, 3.63) is 36.2 Å². The summed E-state index contributed by atoms with van der Waals surface area (Å²) in [4.78, 5) is 0.935. The van der Waals surface area contributed by atoms with Crippen molar-refractivity contribution in [3.63, 3.8) is 0 Å². The second kappa shape index (κ2) is 5.34. The Morgan fingerprint density at radius 1 is 1.00 bits per heavy atom. The van der Waals surface area contributed by atoms with Crippen LogP contribution < -0.4 is 0 Å². The molecule has 1 aromatic rings. The van der Waals surface area contributed by atoms with E-state index in [-0.39, 0.29) is 0 Å². The van der Waals surface area contributed by atoms with Crippen molar-refractivity contribution in [2.24, 2.45) is 0 Å². The molecule has 0 bridgehead atoms. The minimum Gasteiger partial charge on any atom is -0.166 e. The van der Waals surface area contributed by atoms with Crippen molar-refractivity contribution in [1.82, 2.24) is 0 Å². The molecule has 2 rings (SSSR count). The molecule has 1 aliphatic rings. The van der Waals surface area contributed by atoms with Crippen LogP contribution in [-0.4, -0.2) is 5.25 Å². The van der Waals surface area contributed by atoms with Gasteiger partial charge >= 0.3 is 6.18 Å². The van der Waals surface area contributed by atoms with Gasteiger partial charge in [-0.25, -0.2) is 0 Å². The first kappa shape index (κ1) is 12.8. The lowest BCUT2D eigenvalue weighted by Gasteiger charge is -2.20. The molecule has 0 aliphatic heterocycles. The lowest BCUT2D eigenvalue weighted by Crippen LogP contribution is -2.08. The van der Waals surface area contributed by atoms with E-state index in [1.165, 1.54) is 0 Å². The van der Waals surface area contributed by atoms with E-state index in [1.54, 1.807) is 23.9 Å². The van der Waals surface area contributed by atoms with Crippen molar-refractivity contribution in [3.8, 4) is 0 Å². The molecule has 1 saturated carbocycles. The van der Waals surface area contributed by atoms with Gasteiger partial charge in [-0.2, -0.15) is 13.2 Å². The van der Waals surface area contributed by atoms with E-state index >= 15 is 0 Å². The third-order valence-electron chi connectivity index (χ3n) is 2.87. The van der Waals surface area contributed by atoms with Gasteiger partial charge < -0.3 is 0 Å². The summed E-state index contributed by atoms with van der Waals surface area (Å²) in [7, 11) is 0. The molecule has 1 aromatic carbocycles. The molecule has 0 N–H and O–H groups in total. The second-order valence-corrected chi connectivity index (χ2v) is 5.58. The molecule has 1 radical (unpaired) electrons. The summed E-state index contributed by atoms with van der Waals surface area (Å²) < 4.78 is 37.1. The van der Waals surface area contributed by atoms with E-state index in [4.69, 9.17) is 0 Å². The molecule has 4 heteroatoms. The van der Waals surface area contributed by atoms with Crippen LogP contribution in [0.2, 0.25) is 0 Å². The summed E-state index contributed by atoms with van der Waals surface area (Å²) >= 11 is 1.70. The van der Waals surface area contributed by atoms with E-state index in [9.17, 15) is 13.2 Å². The number of halogens is 3. The molecular weight excluding hydrogens is 245 g/mol. The Morgan fingerprint density at radius 3 is 2.12 bits per heavy atom. The van der Waals surface area contributed by atoms with E-state index in [1.807, 2.05) is 0 Å². The standard InChI is InChI=1S/C13H14F3S/c14-13(15,16)10-6-8-12(9-7-10)17-11-4-2-1-3-5-11/h1,6-9,11H,2-5H2. The zero-order valence-electron chi connectivity index (χ0n) is 9.33. The highest BCUT2D eigenvalue weighted by molar-refractivity contribution is 8.00. The number of rotatable bonds is 2. The largest absolute Gasteiger partial charge is 0.416 e. The molecule has 0 amide bonds. The third-order valence-corrected chi connectivity index (χ3v) is 4.22. The summed E-state index contributed by atoms with van der Waals surface area (Å²) in [6.07, 6.45) is 2.56. The maximum absolute atomic E-state index is 12.4. The average Bonchev–Trinajstić information content (AvgIpc) is 2.30. The Balaban J connectivity index is 1.98. The second-order valence-electron chi connectivity index (χ2n) is 4.21. The van der Waals surface area contributed by atoms with Crippen LogP contribution in [0, 0.1) is 6.42 Å². The number of hydrogen-bond acceptors (Lipinski definition) is 1. The van der Waals surface area contributed by atoms with Crippen LogP contribution in [0.5, 0.6) is 0 Å². The smallest absolute Gasteiger partial charge is 0.166 e. The first-order valence-electron chi connectivity index (χ1n) is 5.71. The maximum Gasteiger partial charge on any atom is 0.416 e. The van der Waals surface area contributed by atoms with Gasteiger partial charge in [0, 0.05) is 10.1 Å². The first-order chi connectivity index (χ1) is 8.05. The average molecular weight is 259 g/mol. The number of benzene rings is 1. The van der Waals surface area contributed by atoms with Crippen LogP contribution in [0.3, 0.4) is 0 Å². The molecule has 0 atom stereocenters.